The molecule has 0 radical (unpaired) electrons. The lowest BCUT2D eigenvalue weighted by Gasteiger charge is -2.36. The van der Waals surface area contributed by atoms with Gasteiger partial charge in [0.1, 0.15) is 22.8 Å². The number of hydrogen-bond acceptors (Lipinski definition) is 9. The molecule has 8 nitrogen and oxygen atoms in total. The second kappa shape index (κ2) is 7.56. The van der Waals surface area contributed by atoms with Gasteiger partial charge in [-0.25, -0.2) is 15.0 Å². The Hall–Kier alpha value is -2.07. The number of aromatic nitrogens is 3. The highest BCUT2D eigenvalue weighted by atomic mass is 32.1. The van der Waals surface area contributed by atoms with Crippen LogP contribution in [0.25, 0.3) is 20.4 Å². The number of aliphatic hydroxyl groups excluding tert-OH is 1. The molecule has 5 heterocycles. The van der Waals surface area contributed by atoms with Crippen molar-refractivity contribution in [3.63, 3.8) is 0 Å². The van der Waals surface area contributed by atoms with Crippen LogP contribution >= 0.6 is 11.3 Å². The van der Waals surface area contributed by atoms with E-state index in [2.05, 4.69) is 34.0 Å². The molecule has 160 valence electrons. The maximum absolute atomic E-state index is 9.46. The summed E-state index contributed by atoms with van der Waals surface area (Å²) >= 11 is 1.61. The molecular weight excluding hydrogens is 402 g/mol. The minimum atomic E-state index is -0.239. The van der Waals surface area contributed by atoms with Gasteiger partial charge in [0.15, 0.2) is 0 Å². The van der Waals surface area contributed by atoms with Gasteiger partial charge in [0.05, 0.1) is 42.2 Å². The van der Waals surface area contributed by atoms with Crippen LogP contribution in [0.2, 0.25) is 0 Å². The smallest absolute Gasteiger partial charge is 0.147 e. The molecular formula is C21H27N5O3S. The Bertz CT molecular complexity index is 1090. The van der Waals surface area contributed by atoms with Crippen molar-refractivity contribution < 1.29 is 14.6 Å². The van der Waals surface area contributed by atoms with Crippen molar-refractivity contribution in [1.29, 1.82) is 0 Å². The first kappa shape index (κ1) is 19.9. The van der Waals surface area contributed by atoms with Crippen LogP contribution in [0.4, 0.5) is 11.6 Å². The molecule has 1 fully saturated rings. The summed E-state index contributed by atoms with van der Waals surface area (Å²) in [6.45, 7) is 9.88. The molecule has 0 aliphatic carbocycles. The van der Waals surface area contributed by atoms with Crippen molar-refractivity contribution in [3.05, 3.63) is 17.5 Å². The van der Waals surface area contributed by atoms with E-state index in [1.54, 1.807) is 17.7 Å². The molecule has 3 aromatic heterocycles. The van der Waals surface area contributed by atoms with Crippen molar-refractivity contribution in [2.45, 2.75) is 45.4 Å². The SMILES string of the molecule is C[C@@H](CO)Nc1ncnc2c1sc1nc(N3CCOCC3)c3c(c12)CC(C)(C)OC3. The highest BCUT2D eigenvalue weighted by molar-refractivity contribution is 7.26. The van der Waals surface area contributed by atoms with Crippen molar-refractivity contribution in [3.8, 4) is 0 Å². The van der Waals surface area contributed by atoms with E-state index in [-0.39, 0.29) is 18.2 Å². The normalized spacial score (nSPS) is 19.8. The molecule has 0 spiro atoms. The predicted octanol–water partition coefficient (Wildman–Crippen LogP) is 2.72. The maximum Gasteiger partial charge on any atom is 0.147 e. The number of rotatable bonds is 4. The largest absolute Gasteiger partial charge is 0.394 e. The molecule has 0 aromatic carbocycles. The molecule has 0 saturated carbocycles. The molecule has 30 heavy (non-hydrogen) atoms. The Morgan fingerprint density at radius 1 is 1.27 bits per heavy atom. The fourth-order valence-corrected chi connectivity index (χ4v) is 5.31. The maximum atomic E-state index is 9.46. The zero-order valence-corrected chi connectivity index (χ0v) is 18.4. The zero-order valence-electron chi connectivity index (χ0n) is 17.6. The summed E-state index contributed by atoms with van der Waals surface area (Å²) in [7, 11) is 0. The van der Waals surface area contributed by atoms with Gasteiger partial charge in [-0.05, 0) is 26.3 Å². The minimum Gasteiger partial charge on any atom is -0.394 e. The molecule has 2 aliphatic rings. The van der Waals surface area contributed by atoms with E-state index in [1.807, 2.05) is 6.92 Å². The fourth-order valence-electron chi connectivity index (χ4n) is 4.21. The lowest BCUT2D eigenvalue weighted by molar-refractivity contribution is -0.0396. The van der Waals surface area contributed by atoms with Crippen LogP contribution in [0.15, 0.2) is 6.33 Å². The number of anilines is 2. The second-order valence-electron chi connectivity index (χ2n) is 8.63. The number of fused-ring (bicyclic) bond motifs is 5. The monoisotopic (exact) mass is 429 g/mol. The van der Waals surface area contributed by atoms with Crippen LogP contribution in [0, 0.1) is 0 Å². The van der Waals surface area contributed by atoms with E-state index in [1.165, 1.54) is 11.1 Å². The number of ether oxygens (including phenoxy) is 2. The predicted molar refractivity (Wildman–Crippen MR) is 118 cm³/mol. The Labute approximate surface area is 179 Å². The van der Waals surface area contributed by atoms with Crippen LogP contribution in [0.1, 0.15) is 31.9 Å². The third kappa shape index (κ3) is 3.39. The van der Waals surface area contributed by atoms with Gasteiger partial charge in [0.25, 0.3) is 0 Å². The lowest BCUT2D eigenvalue weighted by atomic mass is 9.90. The van der Waals surface area contributed by atoms with Crippen molar-refractivity contribution in [2.24, 2.45) is 0 Å². The van der Waals surface area contributed by atoms with Crippen LogP contribution < -0.4 is 10.2 Å². The average molecular weight is 430 g/mol. The number of nitrogens with zero attached hydrogens (tertiary/aromatic N) is 4. The summed E-state index contributed by atoms with van der Waals surface area (Å²) in [6, 6.07) is -0.0913. The van der Waals surface area contributed by atoms with Gasteiger partial charge in [-0.15, -0.1) is 11.3 Å². The van der Waals surface area contributed by atoms with E-state index < -0.39 is 0 Å². The Morgan fingerprint density at radius 2 is 2.07 bits per heavy atom. The van der Waals surface area contributed by atoms with Gasteiger partial charge in [-0.1, -0.05) is 0 Å². The zero-order chi connectivity index (χ0) is 20.9. The lowest BCUT2D eigenvalue weighted by Crippen LogP contribution is -2.39. The molecule has 1 saturated heterocycles. The molecule has 0 unspecified atom stereocenters. The summed E-state index contributed by atoms with van der Waals surface area (Å²) in [6.07, 6.45) is 2.40. The molecule has 1 atom stereocenters. The van der Waals surface area contributed by atoms with E-state index in [0.717, 1.165) is 51.6 Å². The molecule has 0 bridgehead atoms. The Morgan fingerprint density at radius 3 is 2.83 bits per heavy atom. The second-order valence-corrected chi connectivity index (χ2v) is 9.63. The summed E-state index contributed by atoms with van der Waals surface area (Å²) in [4.78, 5) is 17.5. The van der Waals surface area contributed by atoms with Crippen molar-refractivity contribution in [1.82, 2.24) is 15.0 Å². The average Bonchev–Trinajstić information content (AvgIpc) is 3.13. The summed E-state index contributed by atoms with van der Waals surface area (Å²) in [5.41, 5.74) is 3.13. The number of nitrogens with one attached hydrogen (secondary N) is 1. The van der Waals surface area contributed by atoms with E-state index in [9.17, 15) is 5.11 Å². The third-order valence-electron chi connectivity index (χ3n) is 5.77. The standard InChI is InChI=1S/C21H27N5O3S/c1-12(9-27)24-18-17-16(22-11-23-18)15-13-8-21(2,3)29-10-14(13)19(25-20(15)30-17)26-4-6-28-7-5-26/h11-12,27H,4-10H2,1-3H3,(H,22,23,24)/t12-/m0/s1. The van der Waals surface area contributed by atoms with Crippen LogP contribution in [0.5, 0.6) is 0 Å². The quantitative estimate of drug-likeness (QED) is 0.654. The van der Waals surface area contributed by atoms with Crippen LogP contribution in [-0.2, 0) is 22.5 Å². The van der Waals surface area contributed by atoms with Gasteiger partial charge in [0.2, 0.25) is 0 Å². The Kier molecular flexibility index (Phi) is 5.01. The topological polar surface area (TPSA) is 92.6 Å². The van der Waals surface area contributed by atoms with E-state index in [0.29, 0.717) is 19.8 Å². The van der Waals surface area contributed by atoms with Gasteiger partial charge in [-0.2, -0.15) is 0 Å². The van der Waals surface area contributed by atoms with Crippen molar-refractivity contribution in [2.75, 3.05) is 43.1 Å². The van der Waals surface area contributed by atoms with E-state index in [4.69, 9.17) is 14.5 Å². The van der Waals surface area contributed by atoms with E-state index >= 15 is 0 Å². The first-order valence-corrected chi connectivity index (χ1v) is 11.2. The molecule has 3 aromatic rings. The number of thiophene rings is 1. The molecule has 0 amide bonds. The summed E-state index contributed by atoms with van der Waals surface area (Å²) in [5, 5.41) is 13.9. The van der Waals surface area contributed by atoms with Gasteiger partial charge in [0, 0.05) is 36.5 Å². The summed E-state index contributed by atoms with van der Waals surface area (Å²) in [5.74, 6) is 1.76. The fraction of sp³-hybridized carbons (Fsp3) is 0.571. The number of pyridine rings is 1. The third-order valence-corrected chi connectivity index (χ3v) is 6.85. The number of hydrogen-bond donors (Lipinski definition) is 2. The van der Waals surface area contributed by atoms with Gasteiger partial charge < -0.3 is 24.8 Å². The molecule has 9 heteroatoms. The Balaban J connectivity index is 1.74. The molecule has 5 rings (SSSR count). The number of aliphatic hydroxyl groups is 1. The molecule has 2 aliphatic heterocycles. The van der Waals surface area contributed by atoms with Gasteiger partial charge >= 0.3 is 0 Å². The summed E-state index contributed by atoms with van der Waals surface area (Å²) < 4.78 is 12.7. The minimum absolute atomic E-state index is 0.0384. The van der Waals surface area contributed by atoms with Crippen LogP contribution in [0.3, 0.4) is 0 Å². The van der Waals surface area contributed by atoms with Crippen molar-refractivity contribution >= 4 is 43.4 Å². The first-order valence-electron chi connectivity index (χ1n) is 10.4. The molecule has 2 N–H and O–H groups in total. The highest BCUT2D eigenvalue weighted by Crippen LogP contribution is 2.44. The number of morpholine rings is 1. The van der Waals surface area contributed by atoms with Gasteiger partial charge in [-0.3, -0.25) is 0 Å². The van der Waals surface area contributed by atoms with Crippen LogP contribution in [-0.4, -0.2) is 64.6 Å². The highest BCUT2D eigenvalue weighted by Gasteiger charge is 2.33. The first-order chi connectivity index (χ1) is 14.5.